The summed E-state index contributed by atoms with van der Waals surface area (Å²) in [6, 6.07) is 8.00. The predicted octanol–water partition coefficient (Wildman–Crippen LogP) is 2.53. The van der Waals surface area contributed by atoms with Crippen molar-refractivity contribution in [1.82, 2.24) is 0 Å². The lowest BCUT2D eigenvalue weighted by Gasteiger charge is -2.06. The van der Waals surface area contributed by atoms with Crippen LogP contribution in [-0.4, -0.2) is 21.0 Å². The quantitative estimate of drug-likeness (QED) is 0.848. The van der Waals surface area contributed by atoms with Crippen LogP contribution in [0.4, 0.5) is 0 Å². The highest BCUT2D eigenvalue weighted by molar-refractivity contribution is 7.84. The molecule has 0 saturated carbocycles. The minimum absolute atomic E-state index is 0.0311. The first-order valence-electron chi connectivity index (χ1n) is 5.64. The molecule has 1 rings (SSSR count). The summed E-state index contributed by atoms with van der Waals surface area (Å²) in [5.41, 5.74) is 2.25. The van der Waals surface area contributed by atoms with E-state index < -0.39 is 16.8 Å². The van der Waals surface area contributed by atoms with Crippen molar-refractivity contribution in [3.05, 3.63) is 35.4 Å². The molecule has 4 heteroatoms. The molecule has 0 heterocycles. The van der Waals surface area contributed by atoms with Crippen molar-refractivity contribution in [2.45, 2.75) is 31.9 Å². The van der Waals surface area contributed by atoms with Crippen LogP contribution in [0.25, 0.3) is 0 Å². The number of carboxylic acids is 1. The molecule has 0 aliphatic rings. The standard InChI is InChI=1S/C13H18O3S/c1-10(2)12-5-3-11(4-6-12)9-17(16)8-7-13(14)15/h3-6,10H,7-9H2,1-2H3,(H,14,15). The van der Waals surface area contributed by atoms with E-state index >= 15 is 0 Å². The van der Waals surface area contributed by atoms with Crippen LogP contribution in [0, 0.1) is 0 Å². The minimum atomic E-state index is -1.09. The Kier molecular flexibility index (Phi) is 5.35. The van der Waals surface area contributed by atoms with Gasteiger partial charge in [-0.2, -0.15) is 0 Å². The molecule has 0 aliphatic carbocycles. The Morgan fingerprint density at radius 1 is 1.29 bits per heavy atom. The topological polar surface area (TPSA) is 54.4 Å². The van der Waals surface area contributed by atoms with Crippen LogP contribution in [-0.2, 0) is 21.3 Å². The van der Waals surface area contributed by atoms with Crippen LogP contribution in [0.15, 0.2) is 24.3 Å². The first-order chi connectivity index (χ1) is 7.99. The Morgan fingerprint density at radius 3 is 2.35 bits per heavy atom. The SMILES string of the molecule is CC(C)c1ccc(CS(=O)CCC(=O)O)cc1. The molecule has 0 radical (unpaired) electrons. The van der Waals surface area contributed by atoms with Crippen LogP contribution in [0.2, 0.25) is 0 Å². The maximum Gasteiger partial charge on any atom is 0.304 e. The van der Waals surface area contributed by atoms with Gasteiger partial charge in [0, 0.05) is 22.3 Å². The van der Waals surface area contributed by atoms with E-state index in [9.17, 15) is 9.00 Å². The molecule has 0 aromatic heterocycles. The molecule has 0 amide bonds. The molecule has 1 atom stereocenters. The highest BCUT2D eigenvalue weighted by atomic mass is 32.2. The summed E-state index contributed by atoms with van der Waals surface area (Å²) >= 11 is 0. The normalized spacial score (nSPS) is 12.6. The van der Waals surface area contributed by atoms with Crippen LogP contribution in [0.1, 0.15) is 37.3 Å². The summed E-state index contributed by atoms with van der Waals surface area (Å²) in [5.74, 6) is 0.252. The van der Waals surface area contributed by atoms with Gasteiger partial charge in [0.1, 0.15) is 0 Å². The Bertz CT molecular complexity index is 396. The fourth-order valence-electron chi connectivity index (χ4n) is 1.46. The van der Waals surface area contributed by atoms with Gasteiger partial charge in [-0.05, 0) is 17.0 Å². The van der Waals surface area contributed by atoms with Crippen LogP contribution in [0.5, 0.6) is 0 Å². The molecule has 0 bridgehead atoms. The van der Waals surface area contributed by atoms with Gasteiger partial charge in [0.05, 0.1) is 6.42 Å². The van der Waals surface area contributed by atoms with Gasteiger partial charge < -0.3 is 5.11 Å². The fraction of sp³-hybridized carbons (Fsp3) is 0.462. The molecular formula is C13H18O3S. The van der Waals surface area contributed by atoms with Crippen molar-refractivity contribution in [2.75, 3.05) is 5.75 Å². The molecule has 1 aromatic carbocycles. The van der Waals surface area contributed by atoms with Gasteiger partial charge in [-0.3, -0.25) is 9.00 Å². The molecule has 1 N–H and O–H groups in total. The molecule has 1 aromatic rings. The van der Waals surface area contributed by atoms with E-state index in [0.29, 0.717) is 11.7 Å². The predicted molar refractivity (Wildman–Crippen MR) is 69.5 cm³/mol. The number of hydrogen-bond donors (Lipinski definition) is 1. The zero-order chi connectivity index (χ0) is 12.8. The molecule has 0 saturated heterocycles. The van der Waals surface area contributed by atoms with Crippen molar-refractivity contribution in [3.63, 3.8) is 0 Å². The van der Waals surface area contributed by atoms with Crippen molar-refractivity contribution in [1.29, 1.82) is 0 Å². The molecule has 0 spiro atoms. The number of aliphatic carboxylic acids is 1. The summed E-state index contributed by atoms with van der Waals surface area (Å²) in [7, 11) is -1.09. The molecule has 17 heavy (non-hydrogen) atoms. The van der Waals surface area contributed by atoms with Crippen molar-refractivity contribution < 1.29 is 14.1 Å². The van der Waals surface area contributed by atoms with Gasteiger partial charge in [0.2, 0.25) is 0 Å². The van der Waals surface area contributed by atoms with E-state index in [0.717, 1.165) is 5.56 Å². The molecule has 1 unspecified atom stereocenters. The van der Waals surface area contributed by atoms with Gasteiger partial charge in [-0.25, -0.2) is 0 Å². The number of hydrogen-bond acceptors (Lipinski definition) is 2. The maximum absolute atomic E-state index is 11.6. The van der Waals surface area contributed by atoms with Crippen LogP contribution in [0.3, 0.4) is 0 Å². The van der Waals surface area contributed by atoms with Crippen LogP contribution >= 0.6 is 0 Å². The third-order valence-corrected chi connectivity index (χ3v) is 3.83. The Hall–Kier alpha value is -1.16. The number of carboxylic acid groups (broad SMARTS) is 1. The summed E-state index contributed by atoms with van der Waals surface area (Å²) in [6.07, 6.45) is -0.0311. The lowest BCUT2D eigenvalue weighted by Crippen LogP contribution is -2.06. The highest BCUT2D eigenvalue weighted by Crippen LogP contribution is 2.15. The van der Waals surface area contributed by atoms with Gasteiger partial charge >= 0.3 is 5.97 Å². The Morgan fingerprint density at radius 2 is 1.88 bits per heavy atom. The van der Waals surface area contributed by atoms with Gasteiger partial charge in [0.15, 0.2) is 0 Å². The van der Waals surface area contributed by atoms with Gasteiger partial charge in [0.25, 0.3) is 0 Å². The van der Waals surface area contributed by atoms with Crippen molar-refractivity contribution >= 4 is 16.8 Å². The second kappa shape index (κ2) is 6.55. The zero-order valence-corrected chi connectivity index (χ0v) is 11.0. The zero-order valence-electron chi connectivity index (χ0n) is 10.2. The van der Waals surface area contributed by atoms with Crippen molar-refractivity contribution in [2.24, 2.45) is 0 Å². The number of rotatable bonds is 6. The van der Waals surface area contributed by atoms with E-state index in [1.807, 2.05) is 24.3 Å². The summed E-state index contributed by atoms with van der Waals surface area (Å²) < 4.78 is 11.6. The smallest absolute Gasteiger partial charge is 0.304 e. The third kappa shape index (κ3) is 5.13. The van der Waals surface area contributed by atoms with E-state index in [1.54, 1.807) is 0 Å². The fourth-order valence-corrected chi connectivity index (χ4v) is 2.57. The molecule has 0 aliphatic heterocycles. The lowest BCUT2D eigenvalue weighted by atomic mass is 10.0. The largest absolute Gasteiger partial charge is 0.481 e. The Labute approximate surface area is 104 Å². The second-order valence-corrected chi connectivity index (χ2v) is 5.90. The first-order valence-corrected chi connectivity index (χ1v) is 7.13. The van der Waals surface area contributed by atoms with Crippen LogP contribution < -0.4 is 0 Å². The average molecular weight is 254 g/mol. The molecule has 3 nitrogen and oxygen atoms in total. The van der Waals surface area contributed by atoms with E-state index in [2.05, 4.69) is 13.8 Å². The molecular weight excluding hydrogens is 236 g/mol. The average Bonchev–Trinajstić information content (AvgIpc) is 2.27. The number of benzene rings is 1. The Balaban J connectivity index is 2.51. The van der Waals surface area contributed by atoms with E-state index in [1.165, 1.54) is 5.56 Å². The lowest BCUT2D eigenvalue weighted by molar-refractivity contribution is -0.136. The van der Waals surface area contributed by atoms with Crippen molar-refractivity contribution in [3.8, 4) is 0 Å². The number of carbonyl (C=O) groups is 1. The summed E-state index contributed by atoms with van der Waals surface area (Å²) in [6.45, 7) is 4.25. The van der Waals surface area contributed by atoms with Gasteiger partial charge in [-0.15, -0.1) is 0 Å². The summed E-state index contributed by atoms with van der Waals surface area (Å²) in [4.78, 5) is 10.3. The minimum Gasteiger partial charge on any atom is -0.481 e. The van der Waals surface area contributed by atoms with E-state index in [4.69, 9.17) is 5.11 Å². The summed E-state index contributed by atoms with van der Waals surface area (Å²) in [5, 5.41) is 8.49. The first kappa shape index (κ1) is 13.9. The second-order valence-electron chi connectivity index (χ2n) is 4.33. The molecule has 94 valence electrons. The maximum atomic E-state index is 11.6. The third-order valence-electron chi connectivity index (χ3n) is 2.52. The highest BCUT2D eigenvalue weighted by Gasteiger charge is 2.05. The van der Waals surface area contributed by atoms with E-state index in [-0.39, 0.29) is 12.2 Å². The molecule has 0 fully saturated rings. The van der Waals surface area contributed by atoms with Gasteiger partial charge in [-0.1, -0.05) is 38.1 Å². The monoisotopic (exact) mass is 254 g/mol.